The van der Waals surface area contributed by atoms with Crippen LogP contribution in [0.2, 0.25) is 0 Å². The van der Waals surface area contributed by atoms with Crippen LogP contribution in [0.5, 0.6) is 5.75 Å². The van der Waals surface area contributed by atoms with Crippen molar-refractivity contribution in [2.45, 2.75) is 115 Å². The van der Waals surface area contributed by atoms with E-state index in [0.717, 1.165) is 5.56 Å². The number of guanidine groups is 1. The molecule has 0 radical (unpaired) electrons. The second-order valence-corrected chi connectivity index (χ2v) is 17.3. The zero-order valence-corrected chi connectivity index (χ0v) is 36.5. The minimum Gasteiger partial charge on any atom is -0.487 e. The lowest BCUT2D eigenvalue weighted by atomic mass is 9.94. The number of ether oxygens (including phenoxy) is 1. The fraction of sp³-hybridized carbons (Fsp3) is 0.476. The topological polar surface area (TPSA) is 251 Å². The number of carboxylic acid groups (broad SMARTS) is 1. The Balaban J connectivity index is 1.84. The van der Waals surface area contributed by atoms with Gasteiger partial charge in [0.1, 0.15) is 35.0 Å². The van der Waals surface area contributed by atoms with Gasteiger partial charge in [0.25, 0.3) is 10.0 Å². The molecule has 0 aromatic heterocycles. The molecular formula is C42H60N8O9S. The molecular weight excluding hydrogens is 793 g/mol. The number of carbonyl (C=O) groups is 5. The summed E-state index contributed by atoms with van der Waals surface area (Å²) < 4.78 is 35.8. The Kier molecular flexibility index (Phi) is 16.5. The molecule has 2 aromatic carbocycles. The number of carbonyl (C=O) groups excluding carboxylic acids is 4. The van der Waals surface area contributed by atoms with Crippen molar-refractivity contribution < 1.29 is 42.2 Å². The van der Waals surface area contributed by atoms with Crippen molar-refractivity contribution in [2.75, 3.05) is 20.1 Å². The first kappa shape index (κ1) is 48.5. The average molecular weight is 853 g/mol. The third-order valence-corrected chi connectivity index (χ3v) is 11.9. The van der Waals surface area contributed by atoms with Gasteiger partial charge in [-0.25, -0.2) is 17.9 Å². The highest BCUT2D eigenvalue weighted by molar-refractivity contribution is 7.90. The van der Waals surface area contributed by atoms with E-state index in [1.165, 1.54) is 17.9 Å². The molecule has 0 spiro atoms. The van der Waals surface area contributed by atoms with Gasteiger partial charge < -0.3 is 41.7 Å². The molecule has 0 unspecified atom stereocenters. The van der Waals surface area contributed by atoms with Gasteiger partial charge in [0, 0.05) is 32.1 Å². The Bertz CT molecular complexity index is 2110. The van der Waals surface area contributed by atoms with E-state index in [1.54, 1.807) is 71.2 Å². The predicted molar refractivity (Wildman–Crippen MR) is 229 cm³/mol. The number of nitrogens with two attached hydrogens (primary N) is 1. The number of amides is 5. The molecule has 17 nitrogen and oxygen atoms in total. The number of fused-ring (bicyclic) bond motifs is 1. The third-order valence-electron chi connectivity index (χ3n) is 10.3. The molecule has 1 aliphatic heterocycles. The monoisotopic (exact) mass is 852 g/mol. The summed E-state index contributed by atoms with van der Waals surface area (Å²) in [7, 11) is -2.63. The van der Waals surface area contributed by atoms with Crippen molar-refractivity contribution in [3.05, 3.63) is 83.5 Å². The molecule has 18 heteroatoms. The number of sulfonamides is 1. The number of nitrogens with zero attached hydrogens (tertiary/aromatic N) is 2. The Morgan fingerprint density at radius 1 is 1.00 bits per heavy atom. The smallest absolute Gasteiger partial charge is 0.405 e. The normalized spacial score (nSPS) is 15.7. The lowest BCUT2D eigenvalue weighted by Crippen LogP contribution is -2.61. The molecule has 1 aliphatic rings. The van der Waals surface area contributed by atoms with E-state index in [4.69, 9.17) is 10.5 Å². The molecule has 328 valence electrons. The number of hydrogen-bond donors (Lipinski definition) is 7. The Hall–Kier alpha value is -5.91. The molecule has 4 atom stereocenters. The lowest BCUT2D eigenvalue weighted by molar-refractivity contribution is -0.137. The number of benzene rings is 2. The SMILES string of the molecule is C=CCN(C)C(=O)[C@H](NC(=O)[C@H](CC)NC(=O)[C@H](CCCN=C(N)NS(=O)(=O)c1c(C)c(C)c2c(c1C)CC(C)(C)O2)NC(=O)[C@@](C)(CC=C)NC(=O)O)c1ccccc1. The minimum absolute atomic E-state index is 0.0768. The molecule has 0 fully saturated rings. The number of aliphatic imine (C=N–C) groups is 1. The van der Waals surface area contributed by atoms with E-state index in [0.29, 0.717) is 34.4 Å². The molecule has 2 aromatic rings. The highest BCUT2D eigenvalue weighted by Gasteiger charge is 2.38. The first-order chi connectivity index (χ1) is 28.0. The lowest BCUT2D eigenvalue weighted by Gasteiger charge is -2.30. The number of likely N-dealkylation sites (N-methyl/N-ethyl adjacent to an activating group) is 1. The van der Waals surface area contributed by atoms with Gasteiger partial charge in [0.2, 0.25) is 29.6 Å². The van der Waals surface area contributed by atoms with Gasteiger partial charge in [-0.05, 0) is 89.5 Å². The van der Waals surface area contributed by atoms with Crippen LogP contribution in [-0.4, -0.2) is 97.5 Å². The second kappa shape index (κ2) is 20.4. The zero-order chi connectivity index (χ0) is 45.2. The van der Waals surface area contributed by atoms with E-state index in [1.807, 2.05) is 13.8 Å². The van der Waals surface area contributed by atoms with Crippen LogP contribution in [0.3, 0.4) is 0 Å². The first-order valence-corrected chi connectivity index (χ1v) is 21.1. The summed E-state index contributed by atoms with van der Waals surface area (Å²) in [6.07, 6.45) is 1.90. The van der Waals surface area contributed by atoms with Gasteiger partial charge in [-0.15, -0.1) is 13.2 Å². The van der Waals surface area contributed by atoms with E-state index in [9.17, 15) is 37.5 Å². The molecule has 5 amide bonds. The third kappa shape index (κ3) is 12.1. The van der Waals surface area contributed by atoms with Crippen molar-refractivity contribution in [1.29, 1.82) is 0 Å². The van der Waals surface area contributed by atoms with E-state index in [-0.39, 0.29) is 43.7 Å². The van der Waals surface area contributed by atoms with Gasteiger partial charge in [0.15, 0.2) is 0 Å². The Labute approximate surface area is 352 Å². The largest absolute Gasteiger partial charge is 0.487 e. The van der Waals surface area contributed by atoms with Crippen LogP contribution in [-0.2, 0) is 35.6 Å². The van der Waals surface area contributed by atoms with Crippen LogP contribution in [0, 0.1) is 20.8 Å². The predicted octanol–water partition coefficient (Wildman–Crippen LogP) is 3.18. The van der Waals surface area contributed by atoms with Crippen molar-refractivity contribution in [2.24, 2.45) is 10.7 Å². The maximum atomic E-state index is 13.9. The van der Waals surface area contributed by atoms with E-state index < -0.39 is 75.0 Å². The van der Waals surface area contributed by atoms with Crippen molar-refractivity contribution in [3.63, 3.8) is 0 Å². The van der Waals surface area contributed by atoms with Crippen LogP contribution >= 0.6 is 0 Å². The zero-order valence-electron chi connectivity index (χ0n) is 35.7. The summed E-state index contributed by atoms with van der Waals surface area (Å²) in [5, 5.41) is 19.6. The second-order valence-electron chi connectivity index (χ2n) is 15.7. The molecule has 0 saturated carbocycles. The van der Waals surface area contributed by atoms with Crippen molar-refractivity contribution >= 4 is 45.7 Å². The fourth-order valence-electron chi connectivity index (χ4n) is 6.98. The Morgan fingerprint density at radius 2 is 1.63 bits per heavy atom. The van der Waals surface area contributed by atoms with Gasteiger partial charge in [-0.3, -0.25) is 24.2 Å². The summed E-state index contributed by atoms with van der Waals surface area (Å²) in [6.45, 7) is 19.5. The quantitative estimate of drug-likeness (QED) is 0.0444. The van der Waals surface area contributed by atoms with E-state index >= 15 is 0 Å². The summed E-state index contributed by atoms with van der Waals surface area (Å²) in [5.41, 5.74) is 6.94. The number of nitrogens with one attached hydrogen (secondary N) is 5. The average Bonchev–Trinajstić information content (AvgIpc) is 3.51. The van der Waals surface area contributed by atoms with Gasteiger partial charge in [-0.2, -0.15) is 0 Å². The van der Waals surface area contributed by atoms with Crippen molar-refractivity contribution in [1.82, 2.24) is 30.9 Å². The van der Waals surface area contributed by atoms with Crippen LogP contribution in [0.1, 0.15) is 87.2 Å². The maximum absolute atomic E-state index is 13.9. The molecule has 0 saturated heterocycles. The fourth-order valence-corrected chi connectivity index (χ4v) is 8.50. The van der Waals surface area contributed by atoms with E-state index in [2.05, 4.69) is 44.1 Å². The minimum atomic E-state index is -4.19. The molecule has 3 rings (SSSR count). The van der Waals surface area contributed by atoms with Crippen LogP contribution in [0.25, 0.3) is 0 Å². The van der Waals surface area contributed by atoms with Gasteiger partial charge in [0.05, 0.1) is 4.90 Å². The standard InChI is InChI=1S/C42H60N8O9S/c1-11-21-42(9,48-40(55)56)38(54)46-31(36(52)45-30(13-3)35(51)47-32(28-18-15-14-16-19-28)37(53)50(10)23-12-2)20-17-22-44-39(43)49-60(57,58)34-26(5)25(4)33-29(27(34)6)24-41(7,8)59-33/h11-12,14-16,18-19,30-32,48H,1-2,13,17,20-24H2,3-10H3,(H,45,52)(H,46,54)(H,47,51)(H,55,56)(H3,43,44,49)/t30-,31-,32+,42+/m0/s1. The van der Waals surface area contributed by atoms with Gasteiger partial charge >= 0.3 is 6.09 Å². The van der Waals surface area contributed by atoms with Crippen molar-refractivity contribution in [3.8, 4) is 5.75 Å². The van der Waals surface area contributed by atoms with Crippen LogP contribution < -0.4 is 36.5 Å². The molecule has 8 N–H and O–H groups in total. The number of hydrogen-bond acceptors (Lipinski definition) is 9. The summed E-state index contributed by atoms with van der Waals surface area (Å²) in [5.74, 6) is -2.44. The molecule has 60 heavy (non-hydrogen) atoms. The highest BCUT2D eigenvalue weighted by Crippen LogP contribution is 2.43. The molecule has 1 heterocycles. The van der Waals surface area contributed by atoms with Crippen LogP contribution in [0.15, 0.2) is 65.5 Å². The van der Waals surface area contributed by atoms with Gasteiger partial charge in [-0.1, -0.05) is 49.4 Å². The summed E-state index contributed by atoms with van der Waals surface area (Å²) in [6, 6.07) is 5.01. The van der Waals surface area contributed by atoms with Crippen LogP contribution in [0.4, 0.5) is 4.79 Å². The summed E-state index contributed by atoms with van der Waals surface area (Å²) in [4.78, 5) is 71.9. The highest BCUT2D eigenvalue weighted by atomic mass is 32.2. The first-order valence-electron chi connectivity index (χ1n) is 19.6. The Morgan fingerprint density at radius 3 is 2.22 bits per heavy atom. The molecule has 0 bridgehead atoms. The number of rotatable bonds is 20. The maximum Gasteiger partial charge on any atom is 0.405 e. The molecule has 0 aliphatic carbocycles. The summed E-state index contributed by atoms with van der Waals surface area (Å²) >= 11 is 0.